The second kappa shape index (κ2) is 13.1. The lowest BCUT2D eigenvalue weighted by Gasteiger charge is -2.14. The monoisotopic (exact) mass is 407 g/mol. The first kappa shape index (κ1) is 24.8. The highest BCUT2D eigenvalue weighted by Crippen LogP contribution is 2.41. The highest BCUT2D eigenvalue weighted by molar-refractivity contribution is 7.46. The number of amides is 1. The van der Waals surface area contributed by atoms with Crippen molar-refractivity contribution in [1.29, 1.82) is 0 Å². The van der Waals surface area contributed by atoms with Crippen LogP contribution in [0.15, 0.2) is 18.2 Å². The van der Waals surface area contributed by atoms with Crippen LogP contribution in [0.1, 0.15) is 24.8 Å². The molecule has 1 atom stereocenters. The van der Waals surface area contributed by atoms with Crippen LogP contribution in [0.5, 0.6) is 11.5 Å². The van der Waals surface area contributed by atoms with Gasteiger partial charge in [0.15, 0.2) is 11.5 Å². The Morgan fingerprint density at radius 3 is 2.44 bits per heavy atom. The van der Waals surface area contributed by atoms with Gasteiger partial charge in [0.25, 0.3) is 6.47 Å². The Labute approximate surface area is 156 Å². The Balaban J connectivity index is 0.00000210. The molecule has 0 aromatic heterocycles. The number of rotatable bonds is 10. The fraction of sp³-hybridized carbons (Fsp3) is 0.467. The molecule has 0 saturated heterocycles. The van der Waals surface area contributed by atoms with Gasteiger partial charge in [-0.1, -0.05) is 12.5 Å². The number of phosphoric acid groups is 1. The predicted octanol–water partition coefficient (Wildman–Crippen LogP) is -0.320. The molecule has 0 aliphatic heterocycles. The van der Waals surface area contributed by atoms with E-state index in [1.807, 2.05) is 0 Å². The number of nitrogens with two attached hydrogens (primary N) is 2. The number of hydrogen-bond acceptors (Lipinski definition) is 7. The molecule has 9 N–H and O–H groups in total. The molecule has 1 rings (SSSR count). The van der Waals surface area contributed by atoms with Gasteiger partial charge >= 0.3 is 7.82 Å². The molecule has 12 heteroatoms. The van der Waals surface area contributed by atoms with E-state index in [9.17, 15) is 14.5 Å². The third kappa shape index (κ3) is 11.9. The van der Waals surface area contributed by atoms with Crippen molar-refractivity contribution in [2.24, 2.45) is 11.5 Å². The number of benzene rings is 1. The van der Waals surface area contributed by atoms with E-state index in [4.69, 9.17) is 31.2 Å². The first-order valence-electron chi connectivity index (χ1n) is 8.02. The average Bonchev–Trinajstić information content (AvgIpc) is 2.56. The number of carbonyl (C=O) groups excluding carboxylic acids is 1. The summed E-state index contributed by atoms with van der Waals surface area (Å²) in [6.07, 6.45) is 2.83. The minimum Gasteiger partial charge on any atom is -0.504 e. The molecule has 1 amide bonds. The normalized spacial score (nSPS) is 11.7. The van der Waals surface area contributed by atoms with Crippen molar-refractivity contribution in [3.63, 3.8) is 0 Å². The van der Waals surface area contributed by atoms with E-state index < -0.39 is 19.6 Å². The Kier molecular flexibility index (Phi) is 12.0. The fourth-order valence-electron chi connectivity index (χ4n) is 2.03. The average molecular weight is 407 g/mol. The number of aromatic hydroxyl groups is 1. The van der Waals surface area contributed by atoms with Gasteiger partial charge in [0, 0.05) is 6.54 Å². The van der Waals surface area contributed by atoms with E-state index in [-0.39, 0.29) is 24.5 Å². The Hall–Kier alpha value is -2.17. The third-order valence-electron chi connectivity index (χ3n) is 3.21. The van der Waals surface area contributed by atoms with Crippen LogP contribution < -0.4 is 21.3 Å². The first-order valence-corrected chi connectivity index (χ1v) is 9.55. The molecule has 0 spiro atoms. The molecule has 0 aliphatic rings. The minimum atomic E-state index is -4.75. The van der Waals surface area contributed by atoms with Gasteiger partial charge in [0.2, 0.25) is 5.91 Å². The van der Waals surface area contributed by atoms with Crippen molar-refractivity contribution in [3.05, 3.63) is 23.8 Å². The van der Waals surface area contributed by atoms with E-state index in [1.165, 1.54) is 18.2 Å². The highest BCUT2D eigenvalue weighted by atomic mass is 31.2. The van der Waals surface area contributed by atoms with Crippen molar-refractivity contribution >= 4 is 20.2 Å². The van der Waals surface area contributed by atoms with Crippen LogP contribution >= 0.6 is 7.82 Å². The quantitative estimate of drug-likeness (QED) is 0.153. The van der Waals surface area contributed by atoms with Gasteiger partial charge in [-0.2, -0.15) is 0 Å². The number of phenols is 1. The standard InChI is InChI=1S/C14H24N3O6P.CH2O2/c15-6-2-1-3-7-17-14(19)11(16)8-10-4-5-13(12(18)9-10)23-24(20,21)22;2-1-3/h4-5,9,11,18H,1-3,6-8,15-16H2,(H,17,19)(H2,20,21,22);1H,(H,2,3). The summed E-state index contributed by atoms with van der Waals surface area (Å²) in [5.41, 5.74) is 11.7. The molecule has 1 unspecified atom stereocenters. The van der Waals surface area contributed by atoms with Gasteiger partial charge in [-0.3, -0.25) is 19.4 Å². The summed E-state index contributed by atoms with van der Waals surface area (Å²) in [5.74, 6) is -1.09. The maximum Gasteiger partial charge on any atom is 0.524 e. The molecule has 0 saturated carbocycles. The molecule has 1 aromatic carbocycles. The summed E-state index contributed by atoms with van der Waals surface area (Å²) in [6, 6.07) is 3.13. The van der Waals surface area contributed by atoms with Crippen molar-refractivity contribution in [2.75, 3.05) is 13.1 Å². The number of unbranched alkanes of at least 4 members (excludes halogenated alkanes) is 2. The molecular weight excluding hydrogens is 381 g/mol. The van der Waals surface area contributed by atoms with E-state index in [2.05, 4.69) is 9.84 Å². The molecule has 154 valence electrons. The lowest BCUT2D eigenvalue weighted by atomic mass is 10.1. The molecule has 0 radical (unpaired) electrons. The molecule has 0 fully saturated rings. The second-order valence-corrected chi connectivity index (χ2v) is 6.60. The molecular formula is C15H26N3O8P. The van der Waals surface area contributed by atoms with E-state index >= 15 is 0 Å². The number of phenolic OH excluding ortho intramolecular Hbond substituents is 1. The summed E-state index contributed by atoms with van der Waals surface area (Å²) < 4.78 is 15.1. The van der Waals surface area contributed by atoms with Gasteiger partial charge in [0.1, 0.15) is 0 Å². The van der Waals surface area contributed by atoms with Crippen LogP contribution in [0.2, 0.25) is 0 Å². The summed E-state index contributed by atoms with van der Waals surface area (Å²) in [6.45, 7) is 0.894. The molecule has 0 aliphatic carbocycles. The number of nitrogens with one attached hydrogen (secondary N) is 1. The zero-order valence-corrected chi connectivity index (χ0v) is 15.5. The summed E-state index contributed by atoms with van der Waals surface area (Å²) in [5, 5.41) is 19.3. The maximum atomic E-state index is 11.9. The van der Waals surface area contributed by atoms with Crippen molar-refractivity contribution < 1.29 is 38.7 Å². The molecule has 27 heavy (non-hydrogen) atoms. The van der Waals surface area contributed by atoms with Crippen LogP contribution in [-0.4, -0.2) is 51.5 Å². The van der Waals surface area contributed by atoms with E-state index in [0.29, 0.717) is 18.7 Å². The van der Waals surface area contributed by atoms with Crippen molar-refractivity contribution in [2.45, 2.75) is 31.7 Å². The van der Waals surface area contributed by atoms with Gasteiger partial charge in [0.05, 0.1) is 6.04 Å². The number of carboxylic acid groups (broad SMARTS) is 1. The number of phosphoric ester groups is 1. The zero-order valence-electron chi connectivity index (χ0n) is 14.7. The topological polar surface area (TPSA) is 205 Å². The largest absolute Gasteiger partial charge is 0.524 e. The van der Waals surface area contributed by atoms with Crippen LogP contribution in [0.3, 0.4) is 0 Å². The number of hydrogen-bond donors (Lipinski definition) is 7. The zero-order chi connectivity index (χ0) is 20.9. The molecule has 1 aromatic rings. The van der Waals surface area contributed by atoms with Gasteiger partial charge < -0.3 is 31.5 Å². The van der Waals surface area contributed by atoms with E-state index in [0.717, 1.165) is 19.3 Å². The van der Waals surface area contributed by atoms with E-state index in [1.54, 1.807) is 0 Å². The van der Waals surface area contributed by atoms with Crippen LogP contribution in [0.25, 0.3) is 0 Å². The maximum absolute atomic E-state index is 11.9. The second-order valence-electron chi connectivity index (χ2n) is 5.44. The Bertz CT molecular complexity index is 637. The lowest BCUT2D eigenvalue weighted by Crippen LogP contribution is -2.42. The summed E-state index contributed by atoms with van der Waals surface area (Å²) in [7, 11) is -4.75. The van der Waals surface area contributed by atoms with Crippen LogP contribution in [-0.2, 0) is 20.6 Å². The third-order valence-corrected chi connectivity index (χ3v) is 3.65. The molecule has 11 nitrogen and oxygen atoms in total. The number of carbonyl (C=O) groups is 2. The molecule has 0 bridgehead atoms. The SMILES string of the molecule is NCCCCCNC(=O)C(N)Cc1ccc(OP(=O)(O)O)c(O)c1.O=CO. The highest BCUT2D eigenvalue weighted by Gasteiger charge is 2.19. The van der Waals surface area contributed by atoms with Gasteiger partial charge in [-0.05, 0) is 43.5 Å². The summed E-state index contributed by atoms with van der Waals surface area (Å²) in [4.78, 5) is 37.7. The first-order chi connectivity index (χ1) is 12.6. The lowest BCUT2D eigenvalue weighted by molar-refractivity contribution is -0.123. The van der Waals surface area contributed by atoms with Crippen LogP contribution in [0.4, 0.5) is 0 Å². The molecule has 0 heterocycles. The van der Waals surface area contributed by atoms with Gasteiger partial charge in [-0.25, -0.2) is 4.57 Å². The summed E-state index contributed by atoms with van der Waals surface area (Å²) >= 11 is 0. The van der Waals surface area contributed by atoms with Crippen molar-refractivity contribution in [3.8, 4) is 11.5 Å². The predicted molar refractivity (Wildman–Crippen MR) is 97.1 cm³/mol. The van der Waals surface area contributed by atoms with Crippen LogP contribution in [0, 0.1) is 0 Å². The Morgan fingerprint density at radius 2 is 1.93 bits per heavy atom. The Morgan fingerprint density at radius 1 is 1.30 bits per heavy atom. The smallest absolute Gasteiger partial charge is 0.504 e. The van der Waals surface area contributed by atoms with Crippen molar-refractivity contribution in [1.82, 2.24) is 5.32 Å². The fourth-order valence-corrected chi connectivity index (χ4v) is 2.44. The minimum absolute atomic E-state index is 0.165. The van der Waals surface area contributed by atoms with Gasteiger partial charge in [-0.15, -0.1) is 0 Å².